The Kier molecular flexibility index (Phi) is 5.02. The van der Waals surface area contributed by atoms with E-state index in [2.05, 4.69) is 10.3 Å². The van der Waals surface area contributed by atoms with Crippen molar-refractivity contribution in [2.45, 2.75) is 27.3 Å². The van der Waals surface area contributed by atoms with E-state index < -0.39 is 0 Å². The third-order valence-electron chi connectivity index (χ3n) is 4.22. The van der Waals surface area contributed by atoms with Gasteiger partial charge in [0.05, 0.1) is 18.2 Å². The number of rotatable bonds is 4. The number of fused-ring (bicyclic) bond motifs is 1. The van der Waals surface area contributed by atoms with E-state index in [-0.39, 0.29) is 18.0 Å². The molecule has 2 aromatic heterocycles. The largest absolute Gasteiger partial charge is 0.495 e. The zero-order chi connectivity index (χ0) is 19.0. The van der Waals surface area contributed by atoms with Crippen molar-refractivity contribution in [2.75, 3.05) is 12.4 Å². The van der Waals surface area contributed by atoms with E-state index in [0.29, 0.717) is 32.5 Å². The Bertz CT molecular complexity index is 1070. The highest BCUT2D eigenvalue weighted by atomic mass is 35.5. The summed E-state index contributed by atoms with van der Waals surface area (Å²) in [5.41, 5.74) is 1.16. The van der Waals surface area contributed by atoms with Gasteiger partial charge in [0.25, 0.3) is 5.56 Å². The molecule has 0 fully saturated rings. The second-order valence-electron chi connectivity index (χ2n) is 5.91. The van der Waals surface area contributed by atoms with Crippen molar-refractivity contribution in [1.29, 1.82) is 0 Å². The number of ether oxygens (including phenoxy) is 1. The molecule has 0 unspecified atom stereocenters. The summed E-state index contributed by atoms with van der Waals surface area (Å²) in [5, 5.41) is 3.79. The number of carbonyl (C=O) groups excluding carboxylic acids is 1. The van der Waals surface area contributed by atoms with Gasteiger partial charge in [-0.3, -0.25) is 14.2 Å². The fourth-order valence-electron chi connectivity index (χ4n) is 2.73. The summed E-state index contributed by atoms with van der Waals surface area (Å²) in [6, 6.07) is 4.94. The summed E-state index contributed by atoms with van der Waals surface area (Å²) >= 11 is 7.47. The third-order valence-corrected chi connectivity index (χ3v) is 5.55. The average Bonchev–Trinajstić information content (AvgIpc) is 2.86. The van der Waals surface area contributed by atoms with Gasteiger partial charge < -0.3 is 10.1 Å². The number of nitrogens with zero attached hydrogens (tertiary/aromatic N) is 2. The Morgan fingerprint density at radius 1 is 1.35 bits per heavy atom. The lowest BCUT2D eigenvalue weighted by molar-refractivity contribution is -0.116. The molecule has 3 rings (SSSR count). The van der Waals surface area contributed by atoms with Crippen molar-refractivity contribution >= 4 is 44.7 Å². The van der Waals surface area contributed by atoms with Gasteiger partial charge in [-0.25, -0.2) is 4.98 Å². The van der Waals surface area contributed by atoms with Gasteiger partial charge in [-0.1, -0.05) is 11.6 Å². The first-order chi connectivity index (χ1) is 12.3. The maximum atomic E-state index is 12.9. The molecule has 0 aliphatic rings. The fraction of sp³-hybridized carbons (Fsp3) is 0.278. The first kappa shape index (κ1) is 18.4. The molecular weight excluding hydrogens is 374 g/mol. The van der Waals surface area contributed by atoms with Gasteiger partial charge in [0.2, 0.25) is 5.91 Å². The second kappa shape index (κ2) is 7.09. The molecule has 0 atom stereocenters. The summed E-state index contributed by atoms with van der Waals surface area (Å²) in [6.07, 6.45) is 0. The number of thiophene rings is 1. The lowest BCUT2D eigenvalue weighted by Crippen LogP contribution is -2.30. The summed E-state index contributed by atoms with van der Waals surface area (Å²) in [6.45, 7) is 5.43. The Hall–Kier alpha value is -2.38. The lowest BCUT2D eigenvalue weighted by atomic mass is 10.2. The number of aryl methyl sites for hydroxylation is 3. The van der Waals surface area contributed by atoms with Crippen LogP contribution in [0, 0.1) is 20.8 Å². The van der Waals surface area contributed by atoms with Gasteiger partial charge in [0, 0.05) is 9.90 Å². The van der Waals surface area contributed by atoms with Gasteiger partial charge in [0.1, 0.15) is 22.9 Å². The molecule has 0 aliphatic heterocycles. The molecule has 0 saturated carbocycles. The number of aromatic nitrogens is 2. The lowest BCUT2D eigenvalue weighted by Gasteiger charge is -2.13. The number of anilines is 1. The summed E-state index contributed by atoms with van der Waals surface area (Å²) in [4.78, 5) is 31.6. The van der Waals surface area contributed by atoms with Gasteiger partial charge in [-0.2, -0.15) is 0 Å². The van der Waals surface area contributed by atoms with Crippen LogP contribution >= 0.6 is 22.9 Å². The molecule has 26 heavy (non-hydrogen) atoms. The Balaban J connectivity index is 1.94. The molecule has 0 bridgehead atoms. The van der Waals surface area contributed by atoms with Gasteiger partial charge in [-0.15, -0.1) is 11.3 Å². The molecule has 0 spiro atoms. The van der Waals surface area contributed by atoms with Crippen LogP contribution in [0.25, 0.3) is 10.2 Å². The smallest absolute Gasteiger partial charge is 0.263 e. The van der Waals surface area contributed by atoms with E-state index >= 15 is 0 Å². The first-order valence-corrected chi connectivity index (χ1v) is 9.11. The van der Waals surface area contributed by atoms with E-state index in [4.69, 9.17) is 16.3 Å². The van der Waals surface area contributed by atoms with E-state index in [1.54, 1.807) is 25.1 Å². The Morgan fingerprint density at radius 3 is 2.77 bits per heavy atom. The number of hydrogen-bond donors (Lipinski definition) is 1. The molecule has 6 nitrogen and oxygen atoms in total. The Labute approximate surface area is 159 Å². The van der Waals surface area contributed by atoms with E-state index in [9.17, 15) is 9.59 Å². The van der Waals surface area contributed by atoms with Gasteiger partial charge in [-0.05, 0) is 44.5 Å². The molecule has 2 heterocycles. The molecule has 136 valence electrons. The highest BCUT2D eigenvalue weighted by Crippen LogP contribution is 2.28. The third kappa shape index (κ3) is 3.32. The van der Waals surface area contributed by atoms with Crippen LogP contribution in [-0.2, 0) is 11.3 Å². The SMILES string of the molecule is COc1ccc(Cl)cc1NC(=O)Cn1c(C)nc2sc(C)c(C)c2c1=O. The van der Waals surface area contributed by atoms with Crippen LogP contribution in [-0.4, -0.2) is 22.6 Å². The summed E-state index contributed by atoms with van der Waals surface area (Å²) < 4.78 is 6.60. The zero-order valence-corrected chi connectivity index (χ0v) is 16.4. The first-order valence-electron chi connectivity index (χ1n) is 7.92. The highest BCUT2D eigenvalue weighted by Gasteiger charge is 2.17. The normalized spacial score (nSPS) is 11.0. The van der Waals surface area contributed by atoms with Crippen LogP contribution in [0.5, 0.6) is 5.75 Å². The summed E-state index contributed by atoms with van der Waals surface area (Å²) in [5.74, 6) is 0.628. The number of hydrogen-bond acceptors (Lipinski definition) is 5. The number of amides is 1. The number of halogens is 1. The van der Waals surface area contributed by atoms with Crippen molar-refractivity contribution < 1.29 is 9.53 Å². The van der Waals surface area contributed by atoms with Gasteiger partial charge in [0.15, 0.2) is 0 Å². The van der Waals surface area contributed by atoms with Gasteiger partial charge >= 0.3 is 0 Å². The highest BCUT2D eigenvalue weighted by molar-refractivity contribution is 7.18. The summed E-state index contributed by atoms with van der Waals surface area (Å²) in [7, 11) is 1.51. The predicted octanol–water partition coefficient (Wildman–Crippen LogP) is 3.68. The maximum Gasteiger partial charge on any atom is 0.263 e. The van der Waals surface area contributed by atoms with E-state index in [0.717, 1.165) is 10.4 Å². The van der Waals surface area contributed by atoms with Crippen molar-refractivity contribution in [2.24, 2.45) is 0 Å². The van der Waals surface area contributed by atoms with E-state index in [1.165, 1.54) is 23.0 Å². The van der Waals surface area contributed by atoms with Crippen LogP contribution in [0.3, 0.4) is 0 Å². The van der Waals surface area contributed by atoms with Crippen LogP contribution in [0.2, 0.25) is 5.02 Å². The zero-order valence-electron chi connectivity index (χ0n) is 14.8. The minimum Gasteiger partial charge on any atom is -0.495 e. The fourth-order valence-corrected chi connectivity index (χ4v) is 3.96. The molecule has 1 amide bonds. The van der Waals surface area contributed by atoms with Crippen molar-refractivity contribution in [1.82, 2.24) is 9.55 Å². The average molecular weight is 392 g/mol. The molecule has 0 aliphatic carbocycles. The van der Waals surface area contributed by atoms with E-state index in [1.807, 2.05) is 13.8 Å². The van der Waals surface area contributed by atoms with Crippen LogP contribution in [0.15, 0.2) is 23.0 Å². The van der Waals surface area contributed by atoms with Crippen LogP contribution in [0.4, 0.5) is 5.69 Å². The van der Waals surface area contributed by atoms with Crippen LogP contribution < -0.4 is 15.6 Å². The minimum atomic E-state index is -0.360. The number of methoxy groups -OCH3 is 1. The molecule has 8 heteroatoms. The molecular formula is C18H18ClN3O3S. The second-order valence-corrected chi connectivity index (χ2v) is 7.55. The monoisotopic (exact) mass is 391 g/mol. The number of carbonyl (C=O) groups is 1. The molecule has 0 radical (unpaired) electrons. The topological polar surface area (TPSA) is 73.2 Å². The molecule has 3 aromatic rings. The minimum absolute atomic E-state index is 0.141. The van der Waals surface area contributed by atoms with Crippen molar-refractivity contribution in [3.05, 3.63) is 49.8 Å². The standard InChI is InChI=1S/C18H18ClN3O3S/c1-9-10(2)26-17-16(9)18(24)22(11(3)20-17)8-15(23)21-13-7-12(19)5-6-14(13)25-4/h5-7H,8H2,1-4H3,(H,21,23). The number of nitrogens with one attached hydrogen (secondary N) is 1. The predicted molar refractivity (Wildman–Crippen MR) is 105 cm³/mol. The van der Waals surface area contributed by atoms with Crippen molar-refractivity contribution in [3.8, 4) is 5.75 Å². The molecule has 0 saturated heterocycles. The maximum absolute atomic E-state index is 12.9. The number of benzene rings is 1. The molecule has 1 aromatic carbocycles. The Morgan fingerprint density at radius 2 is 2.08 bits per heavy atom. The van der Waals surface area contributed by atoms with Crippen molar-refractivity contribution in [3.63, 3.8) is 0 Å². The molecule has 1 N–H and O–H groups in total. The van der Waals surface area contributed by atoms with Crippen LogP contribution in [0.1, 0.15) is 16.3 Å². The quantitative estimate of drug-likeness (QED) is 0.736.